The van der Waals surface area contributed by atoms with Crippen molar-refractivity contribution in [3.8, 4) is 10.6 Å². The van der Waals surface area contributed by atoms with E-state index >= 15 is 0 Å². The molecule has 0 saturated carbocycles. The van der Waals surface area contributed by atoms with Gasteiger partial charge in [0.1, 0.15) is 22.3 Å². The van der Waals surface area contributed by atoms with Crippen LogP contribution in [0.5, 0.6) is 0 Å². The van der Waals surface area contributed by atoms with E-state index in [-0.39, 0.29) is 18.1 Å². The highest BCUT2D eigenvalue weighted by molar-refractivity contribution is 7.17. The lowest BCUT2D eigenvalue weighted by Crippen LogP contribution is -2.04. The van der Waals surface area contributed by atoms with Gasteiger partial charge in [0.25, 0.3) is 5.69 Å². The van der Waals surface area contributed by atoms with Gasteiger partial charge in [-0.2, -0.15) is 0 Å². The number of benzene rings is 2. The normalized spacial score (nSPS) is 10.5. The van der Waals surface area contributed by atoms with Crippen molar-refractivity contribution >= 4 is 23.0 Å². The van der Waals surface area contributed by atoms with Crippen LogP contribution in [0, 0.1) is 22.9 Å². The summed E-state index contributed by atoms with van der Waals surface area (Å²) < 4.78 is 18.3. The predicted octanol–water partition coefficient (Wildman–Crippen LogP) is 4.52. The molecule has 8 heteroatoms. The summed E-state index contributed by atoms with van der Waals surface area (Å²) in [5.74, 6) is -0.864. The Kier molecular flexibility index (Phi) is 5.04. The number of carbonyl (C=O) groups excluding carboxylic acids is 1. The van der Waals surface area contributed by atoms with Crippen LogP contribution >= 0.6 is 11.3 Å². The first-order chi connectivity index (χ1) is 12.4. The minimum atomic E-state index is -0.522. The average Bonchev–Trinajstić information content (AvgIpc) is 3.02. The SMILES string of the molecule is Cc1nc(-c2ccc(F)cc2)sc1C(=O)OCc1ccc([N+](=O)[O-])cc1. The van der Waals surface area contributed by atoms with Gasteiger partial charge in [-0.15, -0.1) is 11.3 Å². The molecule has 0 aliphatic carbocycles. The molecule has 0 unspecified atom stereocenters. The Hall–Kier alpha value is -3.13. The van der Waals surface area contributed by atoms with E-state index < -0.39 is 10.9 Å². The zero-order valence-corrected chi connectivity index (χ0v) is 14.5. The molecule has 26 heavy (non-hydrogen) atoms. The smallest absolute Gasteiger partial charge is 0.350 e. The van der Waals surface area contributed by atoms with Gasteiger partial charge in [-0.3, -0.25) is 10.1 Å². The van der Waals surface area contributed by atoms with Gasteiger partial charge in [-0.1, -0.05) is 0 Å². The molecule has 3 aromatic rings. The average molecular weight is 372 g/mol. The predicted molar refractivity (Wildman–Crippen MR) is 94.5 cm³/mol. The van der Waals surface area contributed by atoms with Crippen LogP contribution in [0.1, 0.15) is 20.9 Å². The summed E-state index contributed by atoms with van der Waals surface area (Å²) in [6.45, 7) is 1.70. The molecule has 0 radical (unpaired) electrons. The highest BCUT2D eigenvalue weighted by Gasteiger charge is 2.18. The van der Waals surface area contributed by atoms with E-state index in [1.54, 1.807) is 19.1 Å². The Balaban J connectivity index is 1.70. The highest BCUT2D eigenvalue weighted by Crippen LogP contribution is 2.28. The van der Waals surface area contributed by atoms with Gasteiger partial charge in [-0.05, 0) is 48.9 Å². The third-order valence-corrected chi connectivity index (χ3v) is 4.78. The van der Waals surface area contributed by atoms with E-state index in [1.807, 2.05) is 0 Å². The van der Waals surface area contributed by atoms with Crippen molar-refractivity contribution in [1.82, 2.24) is 4.98 Å². The Morgan fingerprint density at radius 1 is 1.19 bits per heavy atom. The lowest BCUT2D eigenvalue weighted by molar-refractivity contribution is -0.384. The summed E-state index contributed by atoms with van der Waals surface area (Å²) in [4.78, 5) is 27.1. The molecule has 0 amide bonds. The number of non-ortho nitro benzene ring substituents is 1. The number of halogens is 1. The molecule has 6 nitrogen and oxygen atoms in total. The van der Waals surface area contributed by atoms with Gasteiger partial charge >= 0.3 is 5.97 Å². The summed E-state index contributed by atoms with van der Waals surface area (Å²) in [7, 11) is 0. The Morgan fingerprint density at radius 2 is 1.85 bits per heavy atom. The molecule has 0 aliphatic heterocycles. The first-order valence-corrected chi connectivity index (χ1v) is 8.39. The molecule has 0 spiro atoms. The largest absolute Gasteiger partial charge is 0.457 e. The molecule has 2 aromatic carbocycles. The monoisotopic (exact) mass is 372 g/mol. The summed E-state index contributed by atoms with van der Waals surface area (Å²) >= 11 is 1.17. The van der Waals surface area contributed by atoms with Crippen molar-refractivity contribution in [3.63, 3.8) is 0 Å². The van der Waals surface area contributed by atoms with Crippen molar-refractivity contribution in [2.75, 3.05) is 0 Å². The van der Waals surface area contributed by atoms with E-state index in [1.165, 1.54) is 47.7 Å². The molecule has 1 heterocycles. The quantitative estimate of drug-likeness (QED) is 0.373. The first-order valence-electron chi connectivity index (χ1n) is 7.58. The van der Waals surface area contributed by atoms with E-state index in [0.29, 0.717) is 26.7 Å². The molecule has 3 rings (SSSR count). The van der Waals surface area contributed by atoms with Crippen molar-refractivity contribution < 1.29 is 18.8 Å². The van der Waals surface area contributed by atoms with Crippen molar-refractivity contribution in [2.45, 2.75) is 13.5 Å². The van der Waals surface area contributed by atoms with Crippen molar-refractivity contribution in [1.29, 1.82) is 0 Å². The third-order valence-electron chi connectivity index (χ3n) is 3.59. The number of thiazole rings is 1. The summed E-state index contributed by atoms with van der Waals surface area (Å²) in [5.41, 5.74) is 1.86. The Morgan fingerprint density at radius 3 is 2.46 bits per heavy atom. The Labute approximate surface area is 152 Å². The van der Waals surface area contributed by atoms with Crippen LogP contribution in [0.25, 0.3) is 10.6 Å². The molecule has 132 valence electrons. The van der Waals surface area contributed by atoms with E-state index in [2.05, 4.69) is 4.98 Å². The lowest BCUT2D eigenvalue weighted by atomic mass is 10.2. The Bertz CT molecular complexity index is 952. The number of nitro benzene ring substituents is 1. The van der Waals surface area contributed by atoms with E-state index in [9.17, 15) is 19.3 Å². The zero-order chi connectivity index (χ0) is 18.7. The molecule has 0 fully saturated rings. The van der Waals surface area contributed by atoms with Crippen molar-refractivity contribution in [2.24, 2.45) is 0 Å². The number of ether oxygens (including phenoxy) is 1. The summed E-state index contributed by atoms with van der Waals surface area (Å²) in [6.07, 6.45) is 0. The minimum absolute atomic E-state index is 0.0000488. The van der Waals surface area contributed by atoms with Crippen LogP contribution < -0.4 is 0 Å². The number of carbonyl (C=O) groups is 1. The molecule has 0 saturated heterocycles. The topological polar surface area (TPSA) is 82.3 Å². The molecule has 0 aliphatic rings. The number of nitro groups is 1. The van der Waals surface area contributed by atoms with Crippen LogP contribution in [-0.4, -0.2) is 15.9 Å². The standard InChI is InChI=1S/C18H13FN2O4S/c1-11-16(26-17(20-11)13-4-6-14(19)7-5-13)18(22)25-10-12-2-8-15(9-3-12)21(23)24/h2-9H,10H2,1H3. The number of nitrogens with zero attached hydrogens (tertiary/aromatic N) is 2. The van der Waals surface area contributed by atoms with Gasteiger partial charge in [0, 0.05) is 17.7 Å². The fraction of sp³-hybridized carbons (Fsp3) is 0.111. The molecular formula is C18H13FN2O4S. The fourth-order valence-corrected chi connectivity index (χ4v) is 3.20. The maximum atomic E-state index is 13.0. The van der Waals surface area contributed by atoms with Gasteiger partial charge in [0.15, 0.2) is 0 Å². The summed E-state index contributed by atoms with van der Waals surface area (Å²) in [6, 6.07) is 11.6. The van der Waals surface area contributed by atoms with E-state index in [4.69, 9.17) is 4.74 Å². The van der Waals surface area contributed by atoms with Crippen molar-refractivity contribution in [3.05, 3.63) is 80.6 Å². The summed E-state index contributed by atoms with van der Waals surface area (Å²) in [5, 5.41) is 11.2. The maximum absolute atomic E-state index is 13.0. The fourth-order valence-electron chi connectivity index (χ4n) is 2.23. The number of aromatic nitrogens is 1. The van der Waals surface area contributed by atoms with Crippen LogP contribution in [0.15, 0.2) is 48.5 Å². The number of hydrogen-bond donors (Lipinski definition) is 0. The number of esters is 1. The van der Waals surface area contributed by atoms with Gasteiger partial charge in [-0.25, -0.2) is 14.2 Å². The molecule has 0 bridgehead atoms. The molecule has 0 N–H and O–H groups in total. The van der Waals surface area contributed by atoms with Crippen LogP contribution in [0.2, 0.25) is 0 Å². The molecule has 1 aromatic heterocycles. The van der Waals surface area contributed by atoms with Crippen LogP contribution in [-0.2, 0) is 11.3 Å². The van der Waals surface area contributed by atoms with E-state index in [0.717, 1.165) is 0 Å². The van der Waals surface area contributed by atoms with Gasteiger partial charge in [0.2, 0.25) is 0 Å². The second kappa shape index (κ2) is 7.40. The zero-order valence-electron chi connectivity index (χ0n) is 13.6. The minimum Gasteiger partial charge on any atom is -0.457 e. The highest BCUT2D eigenvalue weighted by atomic mass is 32.1. The number of aryl methyl sites for hydroxylation is 1. The lowest BCUT2D eigenvalue weighted by Gasteiger charge is -2.03. The molecular weight excluding hydrogens is 359 g/mol. The third kappa shape index (κ3) is 3.92. The first kappa shape index (κ1) is 17.7. The number of hydrogen-bond acceptors (Lipinski definition) is 6. The molecule has 0 atom stereocenters. The second-order valence-corrected chi connectivity index (χ2v) is 6.44. The van der Waals surface area contributed by atoms with Gasteiger partial charge < -0.3 is 4.74 Å². The second-order valence-electron chi connectivity index (χ2n) is 5.44. The number of rotatable bonds is 5. The van der Waals surface area contributed by atoms with Crippen LogP contribution in [0.4, 0.5) is 10.1 Å². The maximum Gasteiger partial charge on any atom is 0.350 e. The van der Waals surface area contributed by atoms with Gasteiger partial charge in [0.05, 0.1) is 10.6 Å². The van der Waals surface area contributed by atoms with Crippen LogP contribution in [0.3, 0.4) is 0 Å².